The fraction of sp³-hybridized carbons (Fsp3) is 0.0625. The van der Waals surface area contributed by atoms with E-state index in [1.807, 2.05) is 48.5 Å². The number of benzene rings is 1. The zero-order valence-corrected chi connectivity index (χ0v) is 11.4. The van der Waals surface area contributed by atoms with Gasteiger partial charge in [-0.3, -0.25) is 4.98 Å². The highest BCUT2D eigenvalue weighted by molar-refractivity contribution is 5.62. The number of nitrogen functional groups attached to an aromatic ring is 1. The Bertz CT molecular complexity index is 713. The molecule has 2 aromatic heterocycles. The topological polar surface area (TPSA) is 76.7 Å². The molecule has 3 N–H and O–H groups in total. The molecule has 0 aliphatic rings. The first-order chi connectivity index (χ1) is 10.3. The van der Waals surface area contributed by atoms with Crippen molar-refractivity contribution < 1.29 is 0 Å². The van der Waals surface area contributed by atoms with Gasteiger partial charge in [0.05, 0.1) is 5.69 Å². The Morgan fingerprint density at radius 3 is 2.43 bits per heavy atom. The molecule has 0 aliphatic carbocycles. The molecular weight excluding hydrogens is 262 g/mol. The van der Waals surface area contributed by atoms with E-state index in [0.717, 1.165) is 22.6 Å². The first-order valence-corrected chi connectivity index (χ1v) is 6.64. The van der Waals surface area contributed by atoms with Crippen LogP contribution >= 0.6 is 0 Å². The lowest BCUT2D eigenvalue weighted by atomic mass is 10.1. The maximum atomic E-state index is 5.51. The van der Waals surface area contributed by atoms with E-state index in [4.69, 9.17) is 5.84 Å². The van der Waals surface area contributed by atoms with Crippen LogP contribution in [0.2, 0.25) is 0 Å². The number of hydrogen-bond acceptors (Lipinski definition) is 5. The van der Waals surface area contributed by atoms with E-state index in [1.165, 1.54) is 0 Å². The maximum absolute atomic E-state index is 5.51. The molecule has 0 spiro atoms. The molecule has 1 aromatic carbocycles. The predicted octanol–water partition coefficient (Wildman–Crippen LogP) is 2.42. The summed E-state index contributed by atoms with van der Waals surface area (Å²) in [5, 5.41) is 0. The van der Waals surface area contributed by atoms with E-state index in [9.17, 15) is 0 Å². The van der Waals surface area contributed by atoms with Gasteiger partial charge in [-0.25, -0.2) is 15.8 Å². The van der Waals surface area contributed by atoms with Crippen LogP contribution in [0, 0.1) is 0 Å². The molecule has 0 saturated carbocycles. The fourth-order valence-corrected chi connectivity index (χ4v) is 2.09. The number of hydrazine groups is 1. The number of nitrogens with one attached hydrogen (secondary N) is 1. The summed E-state index contributed by atoms with van der Waals surface area (Å²) in [6.45, 7) is 0. The summed E-state index contributed by atoms with van der Waals surface area (Å²) in [7, 11) is 0. The summed E-state index contributed by atoms with van der Waals surface area (Å²) in [6.07, 6.45) is 4.16. The molecule has 21 heavy (non-hydrogen) atoms. The second-order valence-corrected chi connectivity index (χ2v) is 4.60. The van der Waals surface area contributed by atoms with E-state index < -0.39 is 0 Å². The molecule has 0 unspecified atom stereocenters. The number of anilines is 1. The van der Waals surface area contributed by atoms with E-state index in [2.05, 4.69) is 20.4 Å². The third-order valence-electron chi connectivity index (χ3n) is 3.10. The van der Waals surface area contributed by atoms with E-state index in [1.54, 1.807) is 12.4 Å². The van der Waals surface area contributed by atoms with Gasteiger partial charge in [0.1, 0.15) is 11.6 Å². The van der Waals surface area contributed by atoms with Gasteiger partial charge in [-0.15, -0.1) is 0 Å². The Kier molecular flexibility index (Phi) is 3.84. The molecule has 5 nitrogen and oxygen atoms in total. The Labute approximate surface area is 122 Å². The van der Waals surface area contributed by atoms with E-state index in [-0.39, 0.29) is 0 Å². The summed E-state index contributed by atoms with van der Waals surface area (Å²) >= 11 is 0. The molecular formula is C16H15N5. The monoisotopic (exact) mass is 277 g/mol. The molecule has 0 atom stereocenters. The highest BCUT2D eigenvalue weighted by Crippen LogP contribution is 2.20. The van der Waals surface area contributed by atoms with Crippen LogP contribution in [0.4, 0.5) is 5.82 Å². The van der Waals surface area contributed by atoms with Crippen molar-refractivity contribution >= 4 is 5.82 Å². The first kappa shape index (κ1) is 13.2. The van der Waals surface area contributed by atoms with Crippen molar-refractivity contribution in [1.29, 1.82) is 0 Å². The average Bonchev–Trinajstić information content (AvgIpc) is 2.56. The van der Waals surface area contributed by atoms with Crippen molar-refractivity contribution in [2.75, 3.05) is 5.43 Å². The molecule has 0 bridgehead atoms. The van der Waals surface area contributed by atoms with Crippen molar-refractivity contribution in [1.82, 2.24) is 15.0 Å². The quantitative estimate of drug-likeness (QED) is 0.565. The molecule has 5 heteroatoms. The van der Waals surface area contributed by atoms with Crippen molar-refractivity contribution in [3.05, 3.63) is 72.3 Å². The first-order valence-electron chi connectivity index (χ1n) is 6.64. The third-order valence-corrected chi connectivity index (χ3v) is 3.10. The van der Waals surface area contributed by atoms with Gasteiger partial charge in [-0.1, -0.05) is 30.3 Å². The second-order valence-electron chi connectivity index (χ2n) is 4.60. The molecule has 2 heterocycles. The van der Waals surface area contributed by atoms with Gasteiger partial charge < -0.3 is 5.43 Å². The summed E-state index contributed by atoms with van der Waals surface area (Å²) in [5.74, 6) is 6.83. The normalized spacial score (nSPS) is 10.3. The molecule has 0 saturated heterocycles. The van der Waals surface area contributed by atoms with Crippen LogP contribution in [-0.2, 0) is 6.42 Å². The third kappa shape index (κ3) is 3.21. The number of nitrogens with zero attached hydrogens (tertiary/aromatic N) is 3. The number of hydrogen-bond donors (Lipinski definition) is 2. The van der Waals surface area contributed by atoms with Crippen LogP contribution in [0.1, 0.15) is 11.4 Å². The minimum Gasteiger partial charge on any atom is -0.308 e. The van der Waals surface area contributed by atoms with Crippen LogP contribution in [0.15, 0.2) is 60.9 Å². The molecule has 0 radical (unpaired) electrons. The van der Waals surface area contributed by atoms with Crippen molar-refractivity contribution in [2.24, 2.45) is 5.84 Å². The van der Waals surface area contributed by atoms with E-state index in [0.29, 0.717) is 12.2 Å². The van der Waals surface area contributed by atoms with Gasteiger partial charge in [0, 0.05) is 30.4 Å². The zero-order valence-electron chi connectivity index (χ0n) is 11.4. The van der Waals surface area contributed by atoms with Crippen LogP contribution in [0.3, 0.4) is 0 Å². The molecule has 0 fully saturated rings. The highest BCUT2D eigenvalue weighted by atomic mass is 15.3. The minimum atomic E-state index is 0.605. The summed E-state index contributed by atoms with van der Waals surface area (Å²) < 4.78 is 0. The summed E-state index contributed by atoms with van der Waals surface area (Å²) in [4.78, 5) is 13.0. The van der Waals surface area contributed by atoms with Gasteiger partial charge in [0.2, 0.25) is 0 Å². The zero-order chi connectivity index (χ0) is 14.5. The average molecular weight is 277 g/mol. The minimum absolute atomic E-state index is 0.605. The summed E-state index contributed by atoms with van der Waals surface area (Å²) in [6, 6.07) is 15.7. The maximum Gasteiger partial charge on any atom is 0.144 e. The number of aromatic nitrogens is 3. The Morgan fingerprint density at radius 2 is 1.71 bits per heavy atom. The van der Waals surface area contributed by atoms with Gasteiger partial charge in [0.25, 0.3) is 0 Å². The smallest absolute Gasteiger partial charge is 0.144 e. The second kappa shape index (κ2) is 6.11. The predicted molar refractivity (Wildman–Crippen MR) is 82.3 cm³/mol. The number of rotatable bonds is 4. The standard InChI is InChI=1S/C16H15N5/c17-21-16-11-14(13-4-2-1-3-5-13)19-15(20-16)10-12-6-8-18-9-7-12/h1-9,11H,10,17H2,(H,19,20,21). The molecule has 3 aromatic rings. The van der Waals surface area contributed by atoms with Crippen LogP contribution in [0.5, 0.6) is 0 Å². The number of nitrogens with two attached hydrogens (primary N) is 1. The largest absolute Gasteiger partial charge is 0.308 e. The van der Waals surface area contributed by atoms with Crippen molar-refractivity contribution in [2.45, 2.75) is 6.42 Å². The van der Waals surface area contributed by atoms with Gasteiger partial charge in [0.15, 0.2) is 0 Å². The fourth-order valence-electron chi connectivity index (χ4n) is 2.09. The van der Waals surface area contributed by atoms with Crippen molar-refractivity contribution in [3.8, 4) is 11.3 Å². The highest BCUT2D eigenvalue weighted by Gasteiger charge is 2.07. The lowest BCUT2D eigenvalue weighted by molar-refractivity contribution is 0.966. The Balaban J connectivity index is 1.98. The van der Waals surface area contributed by atoms with Gasteiger partial charge in [-0.05, 0) is 17.7 Å². The van der Waals surface area contributed by atoms with Gasteiger partial charge in [-0.2, -0.15) is 0 Å². The molecule has 0 aliphatic heterocycles. The lowest BCUT2D eigenvalue weighted by Gasteiger charge is -2.08. The molecule has 104 valence electrons. The van der Waals surface area contributed by atoms with Gasteiger partial charge >= 0.3 is 0 Å². The Hall–Kier alpha value is -2.79. The lowest BCUT2D eigenvalue weighted by Crippen LogP contribution is -2.11. The summed E-state index contributed by atoms with van der Waals surface area (Å²) in [5.41, 5.74) is 5.59. The van der Waals surface area contributed by atoms with Crippen LogP contribution in [0.25, 0.3) is 11.3 Å². The number of pyridine rings is 1. The van der Waals surface area contributed by atoms with Crippen molar-refractivity contribution in [3.63, 3.8) is 0 Å². The van der Waals surface area contributed by atoms with E-state index >= 15 is 0 Å². The molecule has 3 rings (SSSR count). The molecule has 0 amide bonds. The Morgan fingerprint density at radius 1 is 0.952 bits per heavy atom. The van der Waals surface area contributed by atoms with Crippen LogP contribution < -0.4 is 11.3 Å². The van der Waals surface area contributed by atoms with Crippen LogP contribution in [-0.4, -0.2) is 15.0 Å². The SMILES string of the molecule is NNc1cc(-c2ccccc2)nc(Cc2ccncc2)n1.